The van der Waals surface area contributed by atoms with Crippen molar-refractivity contribution in [3.05, 3.63) is 58.1 Å². The molecule has 0 radical (unpaired) electrons. The fourth-order valence-corrected chi connectivity index (χ4v) is 2.36. The summed E-state index contributed by atoms with van der Waals surface area (Å²) >= 11 is 3.29. The van der Waals surface area contributed by atoms with Crippen LogP contribution in [0, 0.1) is 5.82 Å². The molecule has 0 bridgehead atoms. The van der Waals surface area contributed by atoms with Crippen molar-refractivity contribution < 1.29 is 9.13 Å². The Bertz CT molecular complexity index is 557. The first-order valence-corrected chi connectivity index (χ1v) is 7.27. The van der Waals surface area contributed by atoms with Gasteiger partial charge in [-0.05, 0) is 39.2 Å². The summed E-state index contributed by atoms with van der Waals surface area (Å²) in [5.41, 5.74) is 2.13. The topological polar surface area (TPSA) is 26.2 Å². The Morgan fingerprint density at radius 2 is 2.20 bits per heavy atom. The lowest BCUT2D eigenvalue weighted by atomic mass is 10.2. The van der Waals surface area contributed by atoms with E-state index in [2.05, 4.69) is 33.5 Å². The molecule has 0 aliphatic heterocycles. The molecular formula is C15H18BrFN2O. The van der Waals surface area contributed by atoms with E-state index in [0.717, 1.165) is 18.7 Å². The Labute approximate surface area is 126 Å². The number of aromatic nitrogens is 1. The molecule has 1 aromatic heterocycles. The highest BCUT2D eigenvalue weighted by Crippen LogP contribution is 2.21. The van der Waals surface area contributed by atoms with E-state index in [1.807, 2.05) is 16.8 Å². The van der Waals surface area contributed by atoms with Gasteiger partial charge >= 0.3 is 0 Å². The second-order valence-corrected chi connectivity index (χ2v) is 5.37. The molecule has 5 heteroatoms. The van der Waals surface area contributed by atoms with Crippen LogP contribution in [0.2, 0.25) is 0 Å². The molecular weight excluding hydrogens is 323 g/mol. The van der Waals surface area contributed by atoms with Crippen molar-refractivity contribution in [3.8, 4) is 0 Å². The Kier molecular flexibility index (Phi) is 5.76. The number of halogens is 2. The summed E-state index contributed by atoms with van der Waals surface area (Å²) in [4.78, 5) is 0. The standard InChI is InChI=1S/C15H18BrFN2O/c1-20-8-6-18-9-12-5-7-19(10-12)11-13-3-2-4-14(17)15(13)16/h2-5,7,10,18H,6,8-9,11H2,1H3. The van der Waals surface area contributed by atoms with Gasteiger partial charge in [0.05, 0.1) is 11.1 Å². The molecule has 0 aliphatic rings. The molecule has 3 nitrogen and oxygen atoms in total. The maximum absolute atomic E-state index is 13.4. The van der Waals surface area contributed by atoms with Crippen molar-refractivity contribution in [2.75, 3.05) is 20.3 Å². The quantitative estimate of drug-likeness (QED) is 0.783. The third-order valence-electron chi connectivity index (χ3n) is 3.01. The lowest BCUT2D eigenvalue weighted by Gasteiger charge is -2.06. The summed E-state index contributed by atoms with van der Waals surface area (Å²) in [5.74, 6) is -0.226. The average molecular weight is 341 g/mol. The van der Waals surface area contributed by atoms with Crippen LogP contribution < -0.4 is 5.32 Å². The highest BCUT2D eigenvalue weighted by atomic mass is 79.9. The van der Waals surface area contributed by atoms with Gasteiger partial charge in [-0.2, -0.15) is 0 Å². The highest BCUT2D eigenvalue weighted by molar-refractivity contribution is 9.10. The third kappa shape index (κ3) is 4.16. The predicted molar refractivity (Wildman–Crippen MR) is 81.2 cm³/mol. The predicted octanol–water partition coefficient (Wildman–Crippen LogP) is 3.17. The van der Waals surface area contributed by atoms with Crippen molar-refractivity contribution in [2.45, 2.75) is 13.1 Å². The molecule has 0 saturated heterocycles. The fraction of sp³-hybridized carbons (Fsp3) is 0.333. The van der Waals surface area contributed by atoms with Crippen LogP contribution in [0.1, 0.15) is 11.1 Å². The Morgan fingerprint density at radius 1 is 1.35 bits per heavy atom. The monoisotopic (exact) mass is 340 g/mol. The van der Waals surface area contributed by atoms with E-state index in [9.17, 15) is 4.39 Å². The number of rotatable bonds is 7. The van der Waals surface area contributed by atoms with E-state index in [1.165, 1.54) is 11.6 Å². The Balaban J connectivity index is 1.94. The summed E-state index contributed by atoms with van der Waals surface area (Å²) in [6.07, 6.45) is 4.07. The van der Waals surface area contributed by atoms with Gasteiger partial charge < -0.3 is 14.6 Å². The summed E-state index contributed by atoms with van der Waals surface area (Å²) in [6, 6.07) is 7.16. The van der Waals surface area contributed by atoms with Crippen LogP contribution in [-0.4, -0.2) is 24.8 Å². The molecule has 0 unspecified atom stereocenters. The van der Waals surface area contributed by atoms with E-state index in [1.54, 1.807) is 13.2 Å². The molecule has 1 heterocycles. The summed E-state index contributed by atoms with van der Waals surface area (Å²) in [5, 5.41) is 3.29. The van der Waals surface area contributed by atoms with Crippen LogP contribution in [0.5, 0.6) is 0 Å². The van der Waals surface area contributed by atoms with Gasteiger partial charge in [0.15, 0.2) is 0 Å². The molecule has 2 aromatic rings. The van der Waals surface area contributed by atoms with Crippen molar-refractivity contribution in [1.82, 2.24) is 9.88 Å². The van der Waals surface area contributed by atoms with Crippen LogP contribution >= 0.6 is 15.9 Å². The van der Waals surface area contributed by atoms with Gasteiger partial charge in [0.2, 0.25) is 0 Å². The number of nitrogens with one attached hydrogen (secondary N) is 1. The van der Waals surface area contributed by atoms with Crippen LogP contribution in [-0.2, 0) is 17.8 Å². The van der Waals surface area contributed by atoms with Crippen molar-refractivity contribution in [3.63, 3.8) is 0 Å². The van der Waals surface area contributed by atoms with Gasteiger partial charge in [0.25, 0.3) is 0 Å². The largest absolute Gasteiger partial charge is 0.383 e. The fourth-order valence-electron chi connectivity index (χ4n) is 1.97. The van der Waals surface area contributed by atoms with Crippen molar-refractivity contribution in [2.24, 2.45) is 0 Å². The van der Waals surface area contributed by atoms with Gasteiger partial charge in [0, 0.05) is 39.1 Å². The second-order valence-electron chi connectivity index (χ2n) is 4.57. The molecule has 0 fully saturated rings. The maximum atomic E-state index is 13.4. The molecule has 20 heavy (non-hydrogen) atoms. The zero-order valence-corrected chi connectivity index (χ0v) is 13.0. The third-order valence-corrected chi connectivity index (χ3v) is 3.90. The smallest absolute Gasteiger partial charge is 0.137 e. The van der Waals surface area contributed by atoms with Crippen LogP contribution in [0.3, 0.4) is 0 Å². The molecule has 0 amide bonds. The average Bonchev–Trinajstić information content (AvgIpc) is 2.88. The molecule has 2 rings (SSSR count). The van der Waals surface area contributed by atoms with Crippen molar-refractivity contribution in [1.29, 1.82) is 0 Å². The minimum Gasteiger partial charge on any atom is -0.383 e. The number of hydrogen-bond donors (Lipinski definition) is 1. The lowest BCUT2D eigenvalue weighted by molar-refractivity contribution is 0.199. The van der Waals surface area contributed by atoms with E-state index in [4.69, 9.17) is 4.74 Å². The molecule has 108 valence electrons. The molecule has 1 N–H and O–H groups in total. The lowest BCUT2D eigenvalue weighted by Crippen LogP contribution is -2.18. The van der Waals surface area contributed by atoms with E-state index < -0.39 is 0 Å². The van der Waals surface area contributed by atoms with Gasteiger partial charge in [-0.25, -0.2) is 4.39 Å². The number of ether oxygens (including phenoxy) is 1. The summed E-state index contributed by atoms with van der Waals surface area (Å²) in [6.45, 7) is 2.99. The number of methoxy groups -OCH3 is 1. The van der Waals surface area contributed by atoms with Gasteiger partial charge in [0.1, 0.15) is 5.82 Å². The molecule has 0 saturated carbocycles. The molecule has 1 aromatic carbocycles. The van der Waals surface area contributed by atoms with Crippen LogP contribution in [0.25, 0.3) is 0 Å². The Hall–Kier alpha value is -1.17. The summed E-state index contributed by atoms with van der Waals surface area (Å²) < 4.78 is 21.0. The maximum Gasteiger partial charge on any atom is 0.137 e. The molecule has 0 spiro atoms. The number of nitrogens with zero attached hydrogens (tertiary/aromatic N) is 1. The van der Waals surface area contributed by atoms with Crippen LogP contribution in [0.15, 0.2) is 41.1 Å². The second kappa shape index (κ2) is 7.57. The van der Waals surface area contributed by atoms with E-state index >= 15 is 0 Å². The highest BCUT2D eigenvalue weighted by Gasteiger charge is 2.06. The van der Waals surface area contributed by atoms with E-state index in [0.29, 0.717) is 17.6 Å². The van der Waals surface area contributed by atoms with Gasteiger partial charge in [-0.3, -0.25) is 0 Å². The first-order valence-electron chi connectivity index (χ1n) is 6.48. The van der Waals surface area contributed by atoms with Crippen LogP contribution in [0.4, 0.5) is 4.39 Å². The minimum absolute atomic E-state index is 0.226. The van der Waals surface area contributed by atoms with Crippen molar-refractivity contribution >= 4 is 15.9 Å². The molecule has 0 aliphatic carbocycles. The van der Waals surface area contributed by atoms with Gasteiger partial charge in [-0.1, -0.05) is 12.1 Å². The van der Waals surface area contributed by atoms with E-state index in [-0.39, 0.29) is 5.82 Å². The normalized spacial score (nSPS) is 10.9. The zero-order chi connectivity index (χ0) is 14.4. The first kappa shape index (κ1) is 15.2. The van der Waals surface area contributed by atoms with Gasteiger partial charge in [-0.15, -0.1) is 0 Å². The zero-order valence-electron chi connectivity index (χ0n) is 11.4. The minimum atomic E-state index is -0.226. The summed E-state index contributed by atoms with van der Waals surface area (Å²) in [7, 11) is 1.69. The number of benzene rings is 1. The Morgan fingerprint density at radius 3 is 3.00 bits per heavy atom. The first-order chi connectivity index (χ1) is 9.70. The molecule has 0 atom stereocenters. The number of hydrogen-bond acceptors (Lipinski definition) is 2. The SMILES string of the molecule is COCCNCc1ccn(Cc2cccc(F)c2Br)c1.